The van der Waals surface area contributed by atoms with E-state index in [4.69, 9.17) is 0 Å². The first-order valence-electron chi connectivity index (χ1n) is 9.11. The fourth-order valence-corrected chi connectivity index (χ4v) is 5.85. The van der Waals surface area contributed by atoms with E-state index in [1.165, 1.54) is 42.7 Å². The van der Waals surface area contributed by atoms with Crippen LogP contribution in [0.3, 0.4) is 0 Å². The predicted octanol–water partition coefficient (Wildman–Crippen LogP) is 4.98. The fourth-order valence-electron chi connectivity index (χ4n) is 5.15. The molecule has 1 saturated carbocycles. The molecule has 1 aliphatic heterocycles. The lowest BCUT2D eigenvalue weighted by atomic mass is 9.98. The summed E-state index contributed by atoms with van der Waals surface area (Å²) >= 11 is 3.45. The molecule has 0 radical (unpaired) electrons. The minimum atomic E-state index is -0.312. The average Bonchev–Trinajstić information content (AvgIpc) is 3.26. The highest BCUT2D eigenvalue weighted by atomic mass is 79.9. The number of anilines is 1. The van der Waals surface area contributed by atoms with Crippen LogP contribution >= 0.6 is 15.9 Å². The van der Waals surface area contributed by atoms with Gasteiger partial charge in [-0.05, 0) is 60.9 Å². The number of amides is 1. The number of hydrogen-bond donors (Lipinski definition) is 0. The average molecular weight is 403 g/mol. The van der Waals surface area contributed by atoms with Crippen molar-refractivity contribution in [1.29, 1.82) is 0 Å². The molecular formula is C20H20BrFN2O. The van der Waals surface area contributed by atoms with Crippen LogP contribution in [0, 0.1) is 5.82 Å². The van der Waals surface area contributed by atoms with Gasteiger partial charge in [0.05, 0.1) is 5.69 Å². The topological polar surface area (TPSA) is 25.2 Å². The summed E-state index contributed by atoms with van der Waals surface area (Å²) in [4.78, 5) is 15.0. The van der Waals surface area contributed by atoms with Crippen molar-refractivity contribution in [3.05, 3.63) is 51.0 Å². The van der Waals surface area contributed by atoms with Gasteiger partial charge in [0.15, 0.2) is 0 Å². The second-order valence-corrected chi connectivity index (χ2v) is 8.28. The molecule has 2 unspecified atom stereocenters. The van der Waals surface area contributed by atoms with Gasteiger partial charge in [-0.15, -0.1) is 0 Å². The lowest BCUT2D eigenvalue weighted by molar-refractivity contribution is 0.0964. The van der Waals surface area contributed by atoms with E-state index in [1.54, 1.807) is 4.90 Å². The molecule has 5 rings (SSSR count). The van der Waals surface area contributed by atoms with Crippen molar-refractivity contribution in [2.45, 2.75) is 51.0 Å². The minimum Gasteiger partial charge on any atom is -0.338 e. The molecule has 0 spiro atoms. The van der Waals surface area contributed by atoms with Gasteiger partial charge in [0.1, 0.15) is 11.5 Å². The van der Waals surface area contributed by atoms with Crippen molar-refractivity contribution in [2.75, 3.05) is 11.4 Å². The lowest BCUT2D eigenvalue weighted by Crippen LogP contribution is -2.41. The smallest absolute Gasteiger partial charge is 0.274 e. The molecule has 1 aromatic heterocycles. The summed E-state index contributed by atoms with van der Waals surface area (Å²) in [6.07, 6.45) is 4.53. The summed E-state index contributed by atoms with van der Waals surface area (Å²) in [6.45, 7) is 3.44. The monoisotopic (exact) mass is 402 g/mol. The van der Waals surface area contributed by atoms with Crippen molar-refractivity contribution < 1.29 is 9.18 Å². The van der Waals surface area contributed by atoms with Crippen LogP contribution in [0.25, 0.3) is 0 Å². The highest BCUT2D eigenvalue weighted by Crippen LogP contribution is 2.54. The number of halogens is 2. The van der Waals surface area contributed by atoms with Gasteiger partial charge >= 0.3 is 0 Å². The third-order valence-corrected chi connectivity index (χ3v) is 6.93. The Morgan fingerprint density at radius 2 is 2.00 bits per heavy atom. The summed E-state index contributed by atoms with van der Waals surface area (Å²) < 4.78 is 17.0. The first-order chi connectivity index (χ1) is 12.1. The van der Waals surface area contributed by atoms with E-state index < -0.39 is 0 Å². The number of benzene rings is 1. The number of nitrogens with zero attached hydrogens (tertiary/aromatic N) is 2. The first-order valence-corrected chi connectivity index (χ1v) is 9.91. The summed E-state index contributed by atoms with van der Waals surface area (Å²) in [5, 5.41) is 0. The Morgan fingerprint density at radius 3 is 2.80 bits per heavy atom. The van der Waals surface area contributed by atoms with Crippen molar-refractivity contribution >= 4 is 27.5 Å². The Kier molecular flexibility index (Phi) is 3.40. The Morgan fingerprint density at radius 1 is 1.20 bits per heavy atom. The number of rotatable bonds is 2. The maximum absolute atomic E-state index is 14.0. The van der Waals surface area contributed by atoms with Crippen LogP contribution in [0.15, 0.2) is 22.7 Å². The van der Waals surface area contributed by atoms with Crippen molar-refractivity contribution in [3.8, 4) is 0 Å². The zero-order chi connectivity index (χ0) is 17.3. The maximum Gasteiger partial charge on any atom is 0.274 e. The number of hydrogen-bond acceptors (Lipinski definition) is 1. The van der Waals surface area contributed by atoms with Crippen molar-refractivity contribution in [1.82, 2.24) is 4.57 Å². The molecule has 2 aliphatic carbocycles. The third-order valence-electron chi connectivity index (χ3n) is 6.22. The molecule has 1 fully saturated rings. The highest BCUT2D eigenvalue weighted by Gasteiger charge is 2.43. The molecule has 25 heavy (non-hydrogen) atoms. The molecule has 0 N–H and O–H groups in total. The third kappa shape index (κ3) is 2.11. The van der Waals surface area contributed by atoms with Gasteiger partial charge in [-0.25, -0.2) is 4.39 Å². The van der Waals surface area contributed by atoms with E-state index in [-0.39, 0.29) is 11.7 Å². The molecule has 1 amide bonds. The Hall–Kier alpha value is -1.62. The SMILES string of the molecule is CCc1c(Br)cc(F)cc1N1CCn2c(cc3c2C2CCC3C2)C1=O. The van der Waals surface area contributed by atoms with E-state index in [0.717, 1.165) is 28.7 Å². The van der Waals surface area contributed by atoms with Crippen LogP contribution in [0.5, 0.6) is 0 Å². The molecular weight excluding hydrogens is 383 g/mol. The van der Waals surface area contributed by atoms with Gasteiger partial charge in [-0.1, -0.05) is 22.9 Å². The number of fused-ring (bicyclic) bond motifs is 7. The molecule has 2 heterocycles. The van der Waals surface area contributed by atoms with Crippen LogP contribution in [-0.4, -0.2) is 17.0 Å². The van der Waals surface area contributed by atoms with Crippen LogP contribution in [0.1, 0.15) is 65.3 Å². The number of carbonyl (C=O) groups excluding carboxylic acids is 1. The largest absolute Gasteiger partial charge is 0.338 e. The van der Waals surface area contributed by atoms with E-state index in [9.17, 15) is 9.18 Å². The Bertz CT molecular complexity index is 904. The molecule has 1 aromatic carbocycles. The van der Waals surface area contributed by atoms with Crippen LogP contribution in [0.2, 0.25) is 0 Å². The molecule has 3 nitrogen and oxygen atoms in total. The summed E-state index contributed by atoms with van der Waals surface area (Å²) in [7, 11) is 0. The van der Waals surface area contributed by atoms with Crippen LogP contribution < -0.4 is 4.90 Å². The minimum absolute atomic E-state index is 0.00671. The van der Waals surface area contributed by atoms with Crippen molar-refractivity contribution in [2.24, 2.45) is 0 Å². The van der Waals surface area contributed by atoms with E-state index >= 15 is 0 Å². The molecule has 130 valence electrons. The van der Waals surface area contributed by atoms with Gasteiger partial charge in [0, 0.05) is 29.2 Å². The quantitative estimate of drug-likeness (QED) is 0.695. The normalized spacial score (nSPS) is 24.0. The van der Waals surface area contributed by atoms with Gasteiger partial charge in [0.25, 0.3) is 5.91 Å². The van der Waals surface area contributed by atoms with Crippen molar-refractivity contribution in [3.63, 3.8) is 0 Å². The van der Waals surface area contributed by atoms with Gasteiger partial charge < -0.3 is 9.47 Å². The molecule has 2 bridgehead atoms. The predicted molar refractivity (Wildman–Crippen MR) is 98.9 cm³/mol. The Labute approximate surface area is 154 Å². The number of aromatic nitrogens is 1. The maximum atomic E-state index is 14.0. The molecule has 0 saturated heterocycles. The van der Waals surface area contributed by atoms with Crippen LogP contribution in [-0.2, 0) is 13.0 Å². The molecule has 2 atom stereocenters. The second kappa shape index (κ2) is 5.44. The number of carbonyl (C=O) groups is 1. The summed E-state index contributed by atoms with van der Waals surface area (Å²) in [5.41, 5.74) is 5.29. The highest BCUT2D eigenvalue weighted by molar-refractivity contribution is 9.10. The van der Waals surface area contributed by atoms with Gasteiger partial charge in [-0.2, -0.15) is 0 Å². The van der Waals surface area contributed by atoms with E-state index in [1.807, 2.05) is 6.92 Å². The standard InChI is InChI=1S/C20H20BrFN2O/c1-2-14-16(21)8-13(22)9-17(14)24-6-5-23-18(20(24)25)10-15-11-3-4-12(7-11)19(15)23/h8-12H,2-7H2,1H3. The first kappa shape index (κ1) is 15.6. The summed E-state index contributed by atoms with van der Waals surface area (Å²) in [6, 6.07) is 5.09. The zero-order valence-corrected chi connectivity index (χ0v) is 15.8. The molecule has 3 aliphatic rings. The van der Waals surface area contributed by atoms with Gasteiger partial charge in [0.2, 0.25) is 0 Å². The second-order valence-electron chi connectivity index (χ2n) is 7.42. The lowest BCUT2D eigenvalue weighted by Gasteiger charge is -2.31. The van der Waals surface area contributed by atoms with Gasteiger partial charge in [-0.3, -0.25) is 4.79 Å². The van der Waals surface area contributed by atoms with E-state index in [2.05, 4.69) is 26.6 Å². The molecule has 5 heteroatoms. The zero-order valence-electron chi connectivity index (χ0n) is 14.2. The van der Waals surface area contributed by atoms with Crippen LogP contribution in [0.4, 0.5) is 10.1 Å². The van der Waals surface area contributed by atoms with E-state index in [0.29, 0.717) is 24.1 Å². The Balaban J connectivity index is 1.59. The summed E-state index contributed by atoms with van der Waals surface area (Å²) in [5.74, 6) is 0.983. The molecule has 2 aromatic rings. The fraction of sp³-hybridized carbons (Fsp3) is 0.450.